The van der Waals surface area contributed by atoms with Gasteiger partial charge in [0.05, 0.1) is 5.35 Å². The third-order valence-electron chi connectivity index (χ3n) is 1.88. The lowest BCUT2D eigenvalue weighted by Gasteiger charge is -1.98. The van der Waals surface area contributed by atoms with Crippen molar-refractivity contribution in [3.8, 4) is 0 Å². The maximum atomic E-state index is 10.9. The van der Waals surface area contributed by atoms with Crippen LogP contribution in [0.4, 0.5) is 11.5 Å². The molecule has 2 aliphatic rings. The van der Waals surface area contributed by atoms with E-state index in [1.807, 2.05) is 0 Å². The molecule has 1 aromatic heterocycles. The first kappa shape index (κ1) is 7.19. The number of nitrogens with zero attached hydrogens (tertiary/aromatic N) is 5. The van der Waals surface area contributed by atoms with Crippen LogP contribution < -0.4 is 10.7 Å². The highest BCUT2D eigenvalue weighted by Crippen LogP contribution is 2.10. The lowest BCUT2D eigenvalue weighted by molar-refractivity contribution is -0.112. The Balaban J connectivity index is 2.42. The summed E-state index contributed by atoms with van der Waals surface area (Å²) < 4.78 is 0. The standard InChI is InChI=1S/C8H3N5O/c14-7-2-4-5(12-13-7)1-6-8(11-4)10-3-9-6/h1-3H. The third-order valence-corrected chi connectivity index (χ3v) is 1.88. The van der Waals surface area contributed by atoms with Crippen molar-refractivity contribution in [1.29, 1.82) is 0 Å². The number of carbonyl (C=O) groups is 1. The SMILES string of the molecule is O=C1C=c2nc3c(cc2N=N1)=NC=N3. The van der Waals surface area contributed by atoms with Crippen molar-refractivity contribution in [3.63, 3.8) is 0 Å². The predicted molar refractivity (Wildman–Crippen MR) is 47.2 cm³/mol. The van der Waals surface area contributed by atoms with Crippen LogP contribution in [0.3, 0.4) is 0 Å². The number of hydrogen-bond acceptors (Lipinski definition) is 5. The lowest BCUT2D eigenvalue weighted by Crippen LogP contribution is -2.17. The molecule has 3 heterocycles. The predicted octanol–water partition coefficient (Wildman–Crippen LogP) is -0.221. The number of rotatable bonds is 0. The van der Waals surface area contributed by atoms with Gasteiger partial charge in [0, 0.05) is 6.08 Å². The first-order valence-corrected chi connectivity index (χ1v) is 3.92. The molecular weight excluding hydrogens is 182 g/mol. The van der Waals surface area contributed by atoms with Gasteiger partial charge in [0.2, 0.25) is 0 Å². The van der Waals surface area contributed by atoms with Gasteiger partial charge in [-0.1, -0.05) is 0 Å². The molecule has 0 saturated heterocycles. The van der Waals surface area contributed by atoms with Gasteiger partial charge in [0.1, 0.15) is 17.4 Å². The Morgan fingerprint density at radius 2 is 2.14 bits per heavy atom. The van der Waals surface area contributed by atoms with Gasteiger partial charge in [-0.2, -0.15) is 0 Å². The van der Waals surface area contributed by atoms with Crippen molar-refractivity contribution in [2.24, 2.45) is 20.2 Å². The molecule has 0 aromatic carbocycles. The van der Waals surface area contributed by atoms with Crippen LogP contribution in [-0.2, 0) is 4.79 Å². The molecule has 0 saturated carbocycles. The summed E-state index contributed by atoms with van der Waals surface area (Å²) in [7, 11) is 0. The minimum atomic E-state index is -0.399. The average Bonchev–Trinajstić information content (AvgIpc) is 2.61. The second kappa shape index (κ2) is 2.38. The van der Waals surface area contributed by atoms with Crippen LogP contribution in [0.5, 0.6) is 0 Å². The number of fused-ring (bicyclic) bond motifs is 2. The van der Waals surface area contributed by atoms with Gasteiger partial charge in [0.25, 0.3) is 5.91 Å². The van der Waals surface area contributed by atoms with Gasteiger partial charge in [-0.25, -0.2) is 15.0 Å². The highest BCUT2D eigenvalue weighted by atomic mass is 16.1. The number of pyridine rings is 1. The highest BCUT2D eigenvalue weighted by Gasteiger charge is 2.09. The molecule has 6 nitrogen and oxygen atoms in total. The first-order chi connectivity index (χ1) is 6.83. The lowest BCUT2D eigenvalue weighted by atomic mass is 10.3. The highest BCUT2D eigenvalue weighted by molar-refractivity contribution is 6.05. The molecule has 0 atom stereocenters. The van der Waals surface area contributed by atoms with Crippen LogP contribution >= 0.6 is 0 Å². The van der Waals surface area contributed by atoms with Crippen LogP contribution in [0, 0.1) is 0 Å². The van der Waals surface area contributed by atoms with Crippen molar-refractivity contribution in [2.75, 3.05) is 0 Å². The molecule has 3 rings (SSSR count). The Bertz CT molecular complexity index is 613. The second-order valence-electron chi connectivity index (χ2n) is 2.79. The Hall–Kier alpha value is -2.24. The fourth-order valence-electron chi connectivity index (χ4n) is 1.27. The van der Waals surface area contributed by atoms with E-state index in [0.29, 0.717) is 22.2 Å². The minimum Gasteiger partial charge on any atom is -0.266 e. The quantitative estimate of drug-likeness (QED) is 0.560. The molecule has 1 aromatic rings. The molecule has 0 fully saturated rings. The topological polar surface area (TPSA) is 79.4 Å². The van der Waals surface area contributed by atoms with Crippen molar-refractivity contribution < 1.29 is 4.79 Å². The Labute approximate surface area is 77.4 Å². The molecule has 0 N–H and O–H groups in total. The molecule has 6 heteroatoms. The van der Waals surface area contributed by atoms with E-state index in [1.165, 1.54) is 12.4 Å². The zero-order valence-corrected chi connectivity index (χ0v) is 6.88. The number of hydrogen-bond donors (Lipinski definition) is 0. The summed E-state index contributed by atoms with van der Waals surface area (Å²) in [6.45, 7) is 0. The van der Waals surface area contributed by atoms with Gasteiger partial charge >= 0.3 is 0 Å². The summed E-state index contributed by atoms with van der Waals surface area (Å²) in [5, 5.41) is 8.28. The van der Waals surface area contributed by atoms with E-state index in [0.717, 1.165) is 0 Å². The number of aromatic nitrogens is 1. The average molecular weight is 185 g/mol. The van der Waals surface area contributed by atoms with Crippen LogP contribution in [-0.4, -0.2) is 17.2 Å². The molecular formula is C8H3N5O. The molecule has 14 heavy (non-hydrogen) atoms. The first-order valence-electron chi connectivity index (χ1n) is 3.92. The van der Waals surface area contributed by atoms with E-state index >= 15 is 0 Å². The summed E-state index contributed by atoms with van der Waals surface area (Å²) in [6, 6.07) is 1.71. The molecule has 0 radical (unpaired) electrons. The summed E-state index contributed by atoms with van der Waals surface area (Å²) >= 11 is 0. The summed E-state index contributed by atoms with van der Waals surface area (Å²) in [6.07, 6.45) is 2.75. The molecule has 2 aliphatic heterocycles. The third kappa shape index (κ3) is 0.905. The van der Waals surface area contributed by atoms with E-state index in [2.05, 4.69) is 25.2 Å². The van der Waals surface area contributed by atoms with Crippen molar-refractivity contribution in [1.82, 2.24) is 4.98 Å². The normalized spacial score (nSPS) is 15.9. The zero-order valence-electron chi connectivity index (χ0n) is 6.88. The van der Waals surface area contributed by atoms with Gasteiger partial charge in [-0.3, -0.25) is 4.79 Å². The summed E-state index contributed by atoms with van der Waals surface area (Å²) in [5.41, 5.74) is 0.553. The maximum Gasteiger partial charge on any atom is 0.290 e. The van der Waals surface area contributed by atoms with Crippen molar-refractivity contribution in [2.45, 2.75) is 0 Å². The van der Waals surface area contributed by atoms with E-state index in [1.54, 1.807) is 6.07 Å². The van der Waals surface area contributed by atoms with Crippen LogP contribution in [0.2, 0.25) is 0 Å². The largest absolute Gasteiger partial charge is 0.290 e. The minimum absolute atomic E-state index is 0.399. The van der Waals surface area contributed by atoms with Gasteiger partial charge < -0.3 is 0 Å². The smallest absolute Gasteiger partial charge is 0.266 e. The van der Waals surface area contributed by atoms with Gasteiger partial charge in [-0.15, -0.1) is 10.2 Å². The fourth-order valence-corrected chi connectivity index (χ4v) is 1.27. The monoisotopic (exact) mass is 185 g/mol. The van der Waals surface area contributed by atoms with Gasteiger partial charge in [-0.05, 0) is 6.07 Å². The molecule has 0 unspecified atom stereocenters. The van der Waals surface area contributed by atoms with Gasteiger partial charge in [0.15, 0.2) is 5.82 Å². The molecule has 0 bridgehead atoms. The molecule has 0 spiro atoms. The zero-order chi connectivity index (χ0) is 9.54. The van der Waals surface area contributed by atoms with Crippen LogP contribution in [0.15, 0.2) is 26.3 Å². The van der Waals surface area contributed by atoms with E-state index in [4.69, 9.17) is 0 Å². The van der Waals surface area contributed by atoms with E-state index in [-0.39, 0.29) is 0 Å². The van der Waals surface area contributed by atoms with Crippen LogP contribution in [0.1, 0.15) is 0 Å². The molecule has 0 aliphatic carbocycles. The summed E-state index contributed by atoms with van der Waals surface area (Å²) in [4.78, 5) is 22.9. The fraction of sp³-hybridized carbons (Fsp3) is 0. The summed E-state index contributed by atoms with van der Waals surface area (Å²) in [5.74, 6) is 0.119. The van der Waals surface area contributed by atoms with Crippen LogP contribution in [0.25, 0.3) is 6.08 Å². The van der Waals surface area contributed by atoms with E-state index in [9.17, 15) is 4.79 Å². The van der Waals surface area contributed by atoms with Crippen molar-refractivity contribution >= 4 is 29.8 Å². The molecule has 66 valence electrons. The Kier molecular flexibility index (Phi) is 1.22. The Morgan fingerprint density at radius 3 is 3.07 bits per heavy atom. The van der Waals surface area contributed by atoms with Crippen molar-refractivity contribution in [3.05, 3.63) is 16.8 Å². The maximum absolute atomic E-state index is 10.9. The molecule has 1 amide bonds. The number of amides is 1. The Morgan fingerprint density at radius 1 is 1.21 bits per heavy atom. The number of aliphatic imine (C=N–C) groups is 1. The second-order valence-corrected chi connectivity index (χ2v) is 2.79. The number of carbonyl (C=O) groups excluding carboxylic acids is 1. The number of azo groups is 1. The van der Waals surface area contributed by atoms with E-state index < -0.39 is 5.91 Å².